The molecule has 4 rings (SSSR count). The third kappa shape index (κ3) is 4.91. The predicted octanol–water partition coefficient (Wildman–Crippen LogP) is 3.67. The highest BCUT2D eigenvalue weighted by Gasteiger charge is 2.37. The molecule has 0 saturated carbocycles. The van der Waals surface area contributed by atoms with Gasteiger partial charge in [-0.2, -0.15) is 0 Å². The second kappa shape index (κ2) is 9.43. The second-order valence-electron chi connectivity index (χ2n) is 7.62. The molecular weight excluding hydrogens is 390 g/mol. The van der Waals surface area contributed by atoms with Gasteiger partial charge >= 0.3 is 0 Å². The van der Waals surface area contributed by atoms with Crippen LogP contribution in [-0.2, 0) is 22.7 Å². The molecule has 1 unspecified atom stereocenters. The number of ether oxygens (including phenoxy) is 1. The molecule has 0 N–H and O–H groups in total. The van der Waals surface area contributed by atoms with Crippen molar-refractivity contribution in [1.29, 1.82) is 0 Å². The highest BCUT2D eigenvalue weighted by Crippen LogP contribution is 2.26. The maximum atomic E-state index is 13.5. The number of hydrogen-bond donors (Lipinski definition) is 0. The topological polar surface area (TPSA) is 62.7 Å². The first-order chi connectivity index (χ1) is 15.1. The Morgan fingerprint density at radius 3 is 2.45 bits per heavy atom. The molecule has 1 atom stereocenters. The fourth-order valence-electron chi connectivity index (χ4n) is 3.81. The van der Waals surface area contributed by atoms with Crippen LogP contribution < -0.4 is 9.64 Å². The number of amides is 2. The number of hydrogen-bond acceptors (Lipinski definition) is 4. The van der Waals surface area contributed by atoms with E-state index in [9.17, 15) is 9.59 Å². The van der Waals surface area contributed by atoms with E-state index >= 15 is 0 Å². The predicted molar refractivity (Wildman–Crippen MR) is 118 cm³/mol. The minimum atomic E-state index is -0.392. The van der Waals surface area contributed by atoms with Crippen LogP contribution in [0.15, 0.2) is 79.0 Å². The molecule has 0 aliphatic carbocycles. The van der Waals surface area contributed by atoms with Gasteiger partial charge in [-0.25, -0.2) is 4.98 Å². The minimum Gasteiger partial charge on any atom is -0.497 e. The van der Waals surface area contributed by atoms with Gasteiger partial charge in [0.25, 0.3) is 0 Å². The Kier molecular flexibility index (Phi) is 6.26. The molecule has 6 nitrogen and oxygen atoms in total. The summed E-state index contributed by atoms with van der Waals surface area (Å²) >= 11 is 0. The number of carbonyl (C=O) groups excluding carboxylic acids is 2. The van der Waals surface area contributed by atoms with Crippen molar-refractivity contribution in [3.63, 3.8) is 0 Å². The van der Waals surface area contributed by atoms with E-state index in [-0.39, 0.29) is 18.2 Å². The highest BCUT2D eigenvalue weighted by atomic mass is 16.5. The van der Waals surface area contributed by atoms with E-state index in [1.54, 1.807) is 23.1 Å². The van der Waals surface area contributed by atoms with Crippen molar-refractivity contribution in [2.45, 2.75) is 19.5 Å². The lowest BCUT2D eigenvalue weighted by Crippen LogP contribution is -2.37. The standard InChI is InChI=1S/C25H25N3O3/c1-31-22-12-10-20(11-13-22)17-28(23-9-5-6-14-26-23)25(30)21-15-24(29)27(18-21)16-19-7-3-2-4-8-19/h2-14,21H,15-18H2,1H3. The Morgan fingerprint density at radius 2 is 1.77 bits per heavy atom. The van der Waals surface area contributed by atoms with Crippen LogP contribution in [0.3, 0.4) is 0 Å². The monoisotopic (exact) mass is 415 g/mol. The van der Waals surface area contributed by atoms with Gasteiger partial charge in [0.15, 0.2) is 0 Å². The van der Waals surface area contributed by atoms with E-state index in [0.717, 1.165) is 16.9 Å². The van der Waals surface area contributed by atoms with Crippen molar-refractivity contribution in [3.05, 3.63) is 90.1 Å². The molecular formula is C25H25N3O3. The van der Waals surface area contributed by atoms with Gasteiger partial charge in [-0.15, -0.1) is 0 Å². The first kappa shape index (κ1) is 20.6. The van der Waals surface area contributed by atoms with Gasteiger partial charge in [-0.1, -0.05) is 48.5 Å². The van der Waals surface area contributed by atoms with Gasteiger partial charge in [0.2, 0.25) is 11.8 Å². The minimum absolute atomic E-state index is 0.00706. The summed E-state index contributed by atoms with van der Waals surface area (Å²) in [6.07, 6.45) is 1.89. The third-order valence-corrected chi connectivity index (χ3v) is 5.47. The number of carbonyl (C=O) groups is 2. The van der Waals surface area contributed by atoms with Crippen LogP contribution in [0.2, 0.25) is 0 Å². The summed E-state index contributed by atoms with van der Waals surface area (Å²) in [6, 6.07) is 23.0. The Hall–Kier alpha value is -3.67. The Balaban J connectivity index is 1.52. The average molecular weight is 415 g/mol. The van der Waals surface area contributed by atoms with Gasteiger partial charge < -0.3 is 9.64 Å². The fourth-order valence-corrected chi connectivity index (χ4v) is 3.81. The smallest absolute Gasteiger partial charge is 0.233 e. The molecule has 31 heavy (non-hydrogen) atoms. The number of likely N-dealkylation sites (tertiary alicyclic amines) is 1. The molecule has 1 aromatic heterocycles. The number of nitrogens with zero attached hydrogens (tertiary/aromatic N) is 3. The van der Waals surface area contributed by atoms with E-state index in [1.807, 2.05) is 72.8 Å². The largest absolute Gasteiger partial charge is 0.497 e. The molecule has 0 spiro atoms. The van der Waals surface area contributed by atoms with E-state index in [0.29, 0.717) is 25.5 Å². The first-order valence-electron chi connectivity index (χ1n) is 10.3. The molecule has 3 aromatic rings. The lowest BCUT2D eigenvalue weighted by molar-refractivity contribution is -0.128. The molecule has 1 aliphatic rings. The van der Waals surface area contributed by atoms with Crippen LogP contribution in [0, 0.1) is 5.92 Å². The number of aromatic nitrogens is 1. The van der Waals surface area contributed by atoms with Gasteiger partial charge in [0, 0.05) is 25.7 Å². The molecule has 2 amide bonds. The molecule has 0 bridgehead atoms. The molecule has 1 saturated heterocycles. The Labute approximate surface area is 182 Å². The van der Waals surface area contributed by atoms with Gasteiger partial charge in [0.05, 0.1) is 19.6 Å². The Morgan fingerprint density at radius 1 is 1.03 bits per heavy atom. The van der Waals surface area contributed by atoms with Crippen LogP contribution >= 0.6 is 0 Å². The normalized spacial score (nSPS) is 15.7. The van der Waals surface area contributed by atoms with Crippen molar-refractivity contribution in [2.24, 2.45) is 5.92 Å². The van der Waals surface area contributed by atoms with Crippen molar-refractivity contribution in [3.8, 4) is 5.75 Å². The lowest BCUT2D eigenvalue weighted by Gasteiger charge is -2.25. The molecule has 158 valence electrons. The summed E-state index contributed by atoms with van der Waals surface area (Å²) in [5.41, 5.74) is 2.02. The molecule has 1 fully saturated rings. The SMILES string of the molecule is COc1ccc(CN(C(=O)C2CC(=O)N(Cc3ccccc3)C2)c2ccccn2)cc1. The van der Waals surface area contributed by atoms with Crippen molar-refractivity contribution in [2.75, 3.05) is 18.6 Å². The molecule has 2 heterocycles. The molecule has 2 aromatic carbocycles. The quantitative estimate of drug-likeness (QED) is 0.591. The van der Waals surface area contributed by atoms with Gasteiger partial charge in [0.1, 0.15) is 11.6 Å². The summed E-state index contributed by atoms with van der Waals surface area (Å²) < 4.78 is 5.22. The van der Waals surface area contributed by atoms with Crippen LogP contribution in [-0.4, -0.2) is 35.4 Å². The van der Waals surface area contributed by atoms with Crippen LogP contribution in [0.5, 0.6) is 5.75 Å². The van der Waals surface area contributed by atoms with E-state index in [2.05, 4.69) is 4.98 Å². The van der Waals surface area contributed by atoms with E-state index in [1.165, 1.54) is 0 Å². The van der Waals surface area contributed by atoms with Crippen molar-refractivity contribution < 1.29 is 14.3 Å². The van der Waals surface area contributed by atoms with Crippen molar-refractivity contribution >= 4 is 17.6 Å². The maximum Gasteiger partial charge on any atom is 0.233 e. The number of benzene rings is 2. The van der Waals surface area contributed by atoms with E-state index < -0.39 is 5.92 Å². The van der Waals surface area contributed by atoms with Crippen molar-refractivity contribution in [1.82, 2.24) is 9.88 Å². The third-order valence-electron chi connectivity index (χ3n) is 5.47. The summed E-state index contributed by atoms with van der Waals surface area (Å²) in [5.74, 6) is 0.872. The summed E-state index contributed by atoms with van der Waals surface area (Å²) in [7, 11) is 1.62. The zero-order valence-corrected chi connectivity index (χ0v) is 17.5. The highest BCUT2D eigenvalue weighted by molar-refractivity contribution is 5.98. The number of anilines is 1. The summed E-state index contributed by atoms with van der Waals surface area (Å²) in [5, 5.41) is 0. The molecule has 1 aliphatic heterocycles. The Bertz CT molecular complexity index is 1020. The van der Waals surface area contributed by atoms with Crippen LogP contribution in [0.25, 0.3) is 0 Å². The lowest BCUT2D eigenvalue weighted by atomic mass is 10.1. The maximum absolute atomic E-state index is 13.5. The summed E-state index contributed by atoms with van der Waals surface area (Å²) in [6.45, 7) is 1.31. The summed E-state index contributed by atoms with van der Waals surface area (Å²) in [4.78, 5) is 33.9. The number of pyridine rings is 1. The zero-order chi connectivity index (χ0) is 21.6. The molecule has 0 radical (unpaired) electrons. The second-order valence-corrected chi connectivity index (χ2v) is 7.62. The van der Waals surface area contributed by atoms with Crippen LogP contribution in [0.1, 0.15) is 17.5 Å². The average Bonchev–Trinajstić information content (AvgIpc) is 3.18. The van der Waals surface area contributed by atoms with Gasteiger partial charge in [-0.05, 0) is 35.4 Å². The number of methoxy groups -OCH3 is 1. The zero-order valence-electron chi connectivity index (χ0n) is 17.5. The number of rotatable bonds is 7. The molecule has 6 heteroatoms. The van der Waals surface area contributed by atoms with Gasteiger partial charge in [-0.3, -0.25) is 14.5 Å². The van der Waals surface area contributed by atoms with Crippen LogP contribution in [0.4, 0.5) is 5.82 Å². The van der Waals surface area contributed by atoms with E-state index in [4.69, 9.17) is 4.74 Å². The fraction of sp³-hybridized carbons (Fsp3) is 0.240. The first-order valence-corrected chi connectivity index (χ1v) is 10.3.